The molecule has 0 fully saturated rings. The Balaban J connectivity index is 3.11. The fraction of sp³-hybridized carbons (Fsp3) is 0.250. The number of nitrogens with zero attached hydrogens (tertiary/aromatic N) is 2. The summed E-state index contributed by atoms with van der Waals surface area (Å²) in [5.41, 5.74) is -0.160. The summed E-state index contributed by atoms with van der Waals surface area (Å²) in [5.74, 6) is -1.34. The number of hydrogen-bond acceptors (Lipinski definition) is 6. The lowest BCUT2D eigenvalue weighted by atomic mass is 10.3. The maximum absolute atomic E-state index is 12.2. The van der Waals surface area contributed by atoms with Crippen LogP contribution in [0.2, 0.25) is 0 Å². The number of aromatic nitrogens is 1. The number of halogens is 1. The van der Waals surface area contributed by atoms with Crippen LogP contribution < -0.4 is 4.18 Å². The minimum atomic E-state index is -5.19. The summed E-state index contributed by atoms with van der Waals surface area (Å²) in [6, 6.07) is 0.932. The fourth-order valence-electron chi connectivity index (χ4n) is 0.949. The lowest BCUT2D eigenvalue weighted by Crippen LogP contribution is -2.05. The summed E-state index contributed by atoms with van der Waals surface area (Å²) in [6.07, 6.45) is 4.48. The molecular weight excluding hydrogens is 287 g/mol. The quantitative estimate of drug-likeness (QED) is 0.754. The van der Waals surface area contributed by atoms with Gasteiger partial charge in [0.2, 0.25) is 0 Å². The third-order valence-corrected chi connectivity index (χ3v) is 2.46. The second kappa shape index (κ2) is 4.98. The Morgan fingerprint density at radius 3 is 2.44 bits per heavy atom. The first-order chi connectivity index (χ1) is 8.07. The summed E-state index contributed by atoms with van der Waals surface area (Å²) < 4.78 is 51.3. The number of pyridine rings is 1. The first kappa shape index (κ1) is 14.5. The van der Waals surface area contributed by atoms with Crippen molar-refractivity contribution in [3.8, 4) is 5.75 Å². The maximum atomic E-state index is 12.2. The van der Waals surface area contributed by atoms with Crippen LogP contribution in [0.25, 0.3) is 0 Å². The molecule has 10 heteroatoms. The molecule has 1 heterocycles. The topological polar surface area (TPSA) is 103 Å². The van der Waals surface area contributed by atoms with E-state index in [1.165, 1.54) is 12.5 Å². The van der Waals surface area contributed by atoms with Gasteiger partial charge in [0.25, 0.3) is 5.91 Å². The van der Waals surface area contributed by atoms with Gasteiger partial charge in [-0.1, -0.05) is 3.89 Å². The van der Waals surface area contributed by atoms with Gasteiger partial charge in [0.15, 0.2) is 5.75 Å². The van der Waals surface area contributed by atoms with Gasteiger partial charge in [-0.15, -0.1) is 0 Å². The Kier molecular flexibility index (Phi) is 4.02. The van der Waals surface area contributed by atoms with Gasteiger partial charge in [0.1, 0.15) is 0 Å². The van der Waals surface area contributed by atoms with E-state index in [0.29, 0.717) is 0 Å². The molecule has 0 aliphatic carbocycles. The van der Waals surface area contributed by atoms with Gasteiger partial charge >= 0.3 is 10.5 Å². The minimum absolute atomic E-state index is 0.160. The molecule has 1 rings (SSSR count). The second-order valence-electron chi connectivity index (χ2n) is 3.46. The van der Waals surface area contributed by atoms with Crippen molar-refractivity contribution in [3.05, 3.63) is 24.0 Å². The lowest BCUT2D eigenvalue weighted by Gasteiger charge is -2.01. The first-order valence-corrected chi connectivity index (χ1v) is 8.01. The van der Waals surface area contributed by atoms with Crippen molar-refractivity contribution in [2.45, 2.75) is 0 Å². The molecule has 0 atom stereocenters. The standard InChI is InChI=1S/C8H9FN2O5S2/c1-17(2,13)11-8(12)6-3-7(5-10-4-6)16-18(9,14)15/h3-5H,1-2H3. The average Bonchev–Trinajstić information content (AvgIpc) is 2.12. The summed E-state index contributed by atoms with van der Waals surface area (Å²) in [7, 11) is -7.85. The van der Waals surface area contributed by atoms with Crippen molar-refractivity contribution in [1.82, 2.24) is 4.98 Å². The Bertz CT molecular complexity index is 683. The highest BCUT2D eigenvalue weighted by atomic mass is 32.3. The van der Waals surface area contributed by atoms with Gasteiger partial charge in [-0.25, -0.2) is 4.21 Å². The maximum Gasteiger partial charge on any atom is 0.488 e. The molecule has 0 aliphatic heterocycles. The summed E-state index contributed by atoms with van der Waals surface area (Å²) in [6.45, 7) is 0. The van der Waals surface area contributed by atoms with E-state index in [0.717, 1.165) is 18.5 Å². The number of rotatable bonds is 3. The molecule has 0 unspecified atom stereocenters. The Hall–Kier alpha value is -1.55. The normalized spacial score (nSPS) is 11.9. The predicted molar refractivity (Wildman–Crippen MR) is 61.6 cm³/mol. The Labute approximate surface area is 104 Å². The smallest absolute Gasteiger partial charge is 0.357 e. The molecule has 18 heavy (non-hydrogen) atoms. The van der Waals surface area contributed by atoms with Gasteiger partial charge in [0.05, 0.1) is 11.8 Å². The second-order valence-corrected chi connectivity index (χ2v) is 6.96. The van der Waals surface area contributed by atoms with E-state index in [1.807, 2.05) is 0 Å². The number of amides is 1. The molecule has 0 radical (unpaired) electrons. The van der Waals surface area contributed by atoms with Gasteiger partial charge in [-0.2, -0.15) is 12.8 Å². The molecule has 0 N–H and O–H groups in total. The summed E-state index contributed by atoms with van der Waals surface area (Å²) >= 11 is 0. The van der Waals surface area contributed by atoms with Crippen molar-refractivity contribution in [2.75, 3.05) is 12.5 Å². The zero-order valence-corrected chi connectivity index (χ0v) is 11.0. The van der Waals surface area contributed by atoms with Crippen LogP contribution in [-0.4, -0.2) is 36.0 Å². The summed E-state index contributed by atoms with van der Waals surface area (Å²) in [4.78, 5) is 15.0. The van der Waals surface area contributed by atoms with Crippen molar-refractivity contribution in [2.24, 2.45) is 4.36 Å². The van der Waals surface area contributed by atoms with Crippen LogP contribution in [0.4, 0.5) is 3.89 Å². The third-order valence-electron chi connectivity index (χ3n) is 1.46. The molecule has 0 saturated heterocycles. The fourth-order valence-corrected chi connectivity index (χ4v) is 1.77. The molecular formula is C8H9FN2O5S2. The zero-order valence-electron chi connectivity index (χ0n) is 9.36. The lowest BCUT2D eigenvalue weighted by molar-refractivity contribution is 0.100. The molecule has 1 aromatic heterocycles. The van der Waals surface area contributed by atoms with Crippen LogP contribution in [0.15, 0.2) is 22.8 Å². The molecule has 0 spiro atoms. The molecule has 0 saturated carbocycles. The van der Waals surface area contributed by atoms with E-state index in [2.05, 4.69) is 13.5 Å². The largest absolute Gasteiger partial charge is 0.488 e. The highest BCUT2D eigenvalue weighted by Crippen LogP contribution is 2.15. The van der Waals surface area contributed by atoms with Gasteiger partial charge in [0, 0.05) is 28.4 Å². The number of carbonyl (C=O) groups excluding carboxylic acids is 1. The van der Waals surface area contributed by atoms with Crippen molar-refractivity contribution in [1.29, 1.82) is 0 Å². The van der Waals surface area contributed by atoms with Crippen LogP contribution in [0, 0.1) is 0 Å². The highest BCUT2D eigenvalue weighted by molar-refractivity contribution is 7.92. The van der Waals surface area contributed by atoms with Gasteiger partial charge < -0.3 is 4.18 Å². The van der Waals surface area contributed by atoms with E-state index < -0.39 is 31.9 Å². The SMILES string of the molecule is CS(C)(=O)=NC(=O)c1cncc(OS(=O)(=O)F)c1. The molecule has 0 bridgehead atoms. The van der Waals surface area contributed by atoms with Crippen LogP contribution in [0.1, 0.15) is 10.4 Å². The Morgan fingerprint density at radius 2 is 1.94 bits per heavy atom. The molecule has 7 nitrogen and oxygen atoms in total. The Morgan fingerprint density at radius 1 is 1.33 bits per heavy atom. The van der Waals surface area contributed by atoms with Gasteiger partial charge in [-0.05, 0) is 6.07 Å². The van der Waals surface area contributed by atoms with Crippen molar-refractivity contribution in [3.63, 3.8) is 0 Å². The van der Waals surface area contributed by atoms with E-state index in [-0.39, 0.29) is 5.56 Å². The monoisotopic (exact) mass is 296 g/mol. The molecule has 0 aliphatic rings. The zero-order chi connectivity index (χ0) is 14.0. The van der Waals surface area contributed by atoms with E-state index in [9.17, 15) is 21.3 Å². The van der Waals surface area contributed by atoms with Crippen LogP contribution >= 0.6 is 0 Å². The van der Waals surface area contributed by atoms with Crippen LogP contribution in [0.3, 0.4) is 0 Å². The molecule has 0 aromatic carbocycles. The van der Waals surface area contributed by atoms with Crippen LogP contribution in [0.5, 0.6) is 5.75 Å². The number of carbonyl (C=O) groups is 1. The minimum Gasteiger partial charge on any atom is -0.357 e. The average molecular weight is 296 g/mol. The molecule has 1 aromatic rings. The van der Waals surface area contributed by atoms with E-state index in [4.69, 9.17) is 0 Å². The molecule has 100 valence electrons. The first-order valence-electron chi connectivity index (χ1n) is 4.37. The number of hydrogen-bond donors (Lipinski definition) is 0. The summed E-state index contributed by atoms with van der Waals surface area (Å²) in [5, 5.41) is 0. The van der Waals surface area contributed by atoms with Crippen molar-refractivity contribution < 1.29 is 25.5 Å². The van der Waals surface area contributed by atoms with Crippen molar-refractivity contribution >= 4 is 26.1 Å². The highest BCUT2D eigenvalue weighted by Gasteiger charge is 2.13. The molecule has 1 amide bonds. The van der Waals surface area contributed by atoms with Gasteiger partial charge in [-0.3, -0.25) is 9.78 Å². The third kappa shape index (κ3) is 5.19. The predicted octanol–water partition coefficient (Wildman–Crippen LogP) is 0.543. The van der Waals surface area contributed by atoms with E-state index in [1.54, 1.807) is 0 Å². The van der Waals surface area contributed by atoms with Crippen LogP contribution in [-0.2, 0) is 20.2 Å². The van der Waals surface area contributed by atoms with E-state index >= 15 is 0 Å².